The van der Waals surface area contributed by atoms with Crippen LogP contribution in [0.15, 0.2) is 48.7 Å². The number of rotatable bonds is 5. The van der Waals surface area contributed by atoms with E-state index in [0.29, 0.717) is 12.3 Å². The molecule has 120 valence electrons. The number of piperidine rings is 1. The zero-order valence-corrected chi connectivity index (χ0v) is 13.3. The van der Waals surface area contributed by atoms with Crippen molar-refractivity contribution in [2.75, 3.05) is 13.1 Å². The standard InChI is InChI=1S/C19H23N3O/c20-19(23)12-16-6-4-10-22(14-16)13-15-5-3-7-17(11-15)18-8-1-2-9-21-18/h1-3,5,7-9,11,16H,4,6,10,12-14H2,(H2,20,23). The number of nitrogens with two attached hydrogens (primary N) is 1. The van der Waals surface area contributed by atoms with Gasteiger partial charge in [0.25, 0.3) is 0 Å². The maximum Gasteiger partial charge on any atom is 0.217 e. The van der Waals surface area contributed by atoms with Crippen molar-refractivity contribution in [2.45, 2.75) is 25.8 Å². The molecule has 1 aliphatic rings. The van der Waals surface area contributed by atoms with Crippen LogP contribution in [0.3, 0.4) is 0 Å². The predicted molar refractivity (Wildman–Crippen MR) is 91.5 cm³/mol. The third kappa shape index (κ3) is 4.39. The molecule has 1 amide bonds. The van der Waals surface area contributed by atoms with E-state index < -0.39 is 0 Å². The fourth-order valence-electron chi connectivity index (χ4n) is 3.37. The second-order valence-electron chi connectivity index (χ2n) is 6.33. The van der Waals surface area contributed by atoms with Crippen molar-refractivity contribution < 1.29 is 4.79 Å². The molecule has 4 nitrogen and oxygen atoms in total. The monoisotopic (exact) mass is 309 g/mol. The number of benzene rings is 1. The van der Waals surface area contributed by atoms with Gasteiger partial charge in [-0.25, -0.2) is 0 Å². The van der Waals surface area contributed by atoms with E-state index in [4.69, 9.17) is 5.73 Å². The Kier molecular flexibility index (Phi) is 5.03. The number of aromatic nitrogens is 1. The predicted octanol–water partition coefficient (Wildman–Crippen LogP) is 2.84. The molecule has 0 spiro atoms. The van der Waals surface area contributed by atoms with Gasteiger partial charge < -0.3 is 5.73 Å². The van der Waals surface area contributed by atoms with Gasteiger partial charge in [0.15, 0.2) is 0 Å². The number of likely N-dealkylation sites (tertiary alicyclic amines) is 1. The Bertz CT molecular complexity index is 657. The number of nitrogens with zero attached hydrogens (tertiary/aromatic N) is 2. The minimum Gasteiger partial charge on any atom is -0.370 e. The average Bonchev–Trinajstić information content (AvgIpc) is 2.56. The molecule has 2 aromatic rings. The van der Waals surface area contributed by atoms with Gasteiger partial charge in [-0.15, -0.1) is 0 Å². The van der Waals surface area contributed by atoms with Crippen LogP contribution in [0.25, 0.3) is 11.3 Å². The van der Waals surface area contributed by atoms with Crippen LogP contribution in [-0.4, -0.2) is 28.9 Å². The first-order chi connectivity index (χ1) is 11.2. The van der Waals surface area contributed by atoms with Gasteiger partial charge in [0.05, 0.1) is 5.69 Å². The number of carbonyl (C=O) groups is 1. The van der Waals surface area contributed by atoms with E-state index >= 15 is 0 Å². The summed E-state index contributed by atoms with van der Waals surface area (Å²) in [4.78, 5) is 18.0. The highest BCUT2D eigenvalue weighted by molar-refractivity contribution is 5.74. The van der Waals surface area contributed by atoms with Gasteiger partial charge >= 0.3 is 0 Å². The van der Waals surface area contributed by atoms with Crippen molar-refractivity contribution in [3.63, 3.8) is 0 Å². The average molecular weight is 309 g/mol. The van der Waals surface area contributed by atoms with E-state index in [1.165, 1.54) is 5.56 Å². The van der Waals surface area contributed by atoms with Crippen LogP contribution in [0, 0.1) is 5.92 Å². The van der Waals surface area contributed by atoms with E-state index in [2.05, 4.69) is 34.1 Å². The lowest BCUT2D eigenvalue weighted by Gasteiger charge is -2.32. The quantitative estimate of drug-likeness (QED) is 0.924. The first-order valence-electron chi connectivity index (χ1n) is 8.22. The summed E-state index contributed by atoms with van der Waals surface area (Å²) in [6.07, 6.45) is 4.57. The number of primary amides is 1. The molecule has 0 aliphatic carbocycles. The molecule has 1 atom stereocenters. The van der Waals surface area contributed by atoms with Gasteiger partial charge in [-0.1, -0.05) is 24.3 Å². The summed E-state index contributed by atoms with van der Waals surface area (Å²) in [7, 11) is 0. The SMILES string of the molecule is NC(=O)CC1CCCN(Cc2cccc(-c3ccccn3)c2)C1. The van der Waals surface area contributed by atoms with E-state index in [1.807, 2.05) is 24.4 Å². The lowest BCUT2D eigenvalue weighted by atomic mass is 9.94. The molecule has 1 unspecified atom stereocenters. The van der Waals surface area contributed by atoms with Crippen LogP contribution >= 0.6 is 0 Å². The van der Waals surface area contributed by atoms with Crippen molar-refractivity contribution in [1.29, 1.82) is 0 Å². The molecule has 0 saturated carbocycles. The first-order valence-corrected chi connectivity index (χ1v) is 8.22. The molecule has 4 heteroatoms. The van der Waals surface area contributed by atoms with Crippen LogP contribution in [0.1, 0.15) is 24.8 Å². The normalized spacial score (nSPS) is 18.7. The molecule has 3 rings (SSSR count). The zero-order valence-electron chi connectivity index (χ0n) is 13.3. The van der Waals surface area contributed by atoms with E-state index in [1.54, 1.807) is 0 Å². The Morgan fingerprint density at radius 1 is 1.26 bits per heavy atom. The molecule has 23 heavy (non-hydrogen) atoms. The summed E-state index contributed by atoms with van der Waals surface area (Å²) in [6.45, 7) is 2.95. The Labute approximate surface area is 137 Å². The molecule has 2 heterocycles. The lowest BCUT2D eigenvalue weighted by molar-refractivity contribution is -0.119. The van der Waals surface area contributed by atoms with Crippen molar-refractivity contribution in [3.05, 3.63) is 54.2 Å². The van der Waals surface area contributed by atoms with Gasteiger partial charge in [0.2, 0.25) is 5.91 Å². The largest absolute Gasteiger partial charge is 0.370 e. The Hall–Kier alpha value is -2.20. The molecule has 0 bridgehead atoms. The van der Waals surface area contributed by atoms with Gasteiger partial charge in [0.1, 0.15) is 0 Å². The lowest BCUT2D eigenvalue weighted by Crippen LogP contribution is -2.36. The summed E-state index contributed by atoms with van der Waals surface area (Å²) in [5.74, 6) is 0.217. The maximum absolute atomic E-state index is 11.1. The Morgan fingerprint density at radius 3 is 2.96 bits per heavy atom. The van der Waals surface area contributed by atoms with Crippen molar-refractivity contribution in [3.8, 4) is 11.3 Å². The van der Waals surface area contributed by atoms with Crippen molar-refractivity contribution >= 4 is 5.91 Å². The summed E-state index contributed by atoms with van der Waals surface area (Å²) in [5, 5.41) is 0. The minimum absolute atomic E-state index is 0.186. The van der Waals surface area contributed by atoms with Crippen LogP contribution in [0.2, 0.25) is 0 Å². The molecule has 0 radical (unpaired) electrons. The summed E-state index contributed by atoms with van der Waals surface area (Å²) < 4.78 is 0. The van der Waals surface area contributed by atoms with E-state index in [-0.39, 0.29) is 5.91 Å². The van der Waals surface area contributed by atoms with Gasteiger partial charge in [0, 0.05) is 31.3 Å². The second kappa shape index (κ2) is 7.38. The van der Waals surface area contributed by atoms with Crippen LogP contribution in [0.5, 0.6) is 0 Å². The second-order valence-corrected chi connectivity index (χ2v) is 6.33. The van der Waals surface area contributed by atoms with Gasteiger partial charge in [-0.2, -0.15) is 0 Å². The van der Waals surface area contributed by atoms with Crippen LogP contribution in [-0.2, 0) is 11.3 Å². The molecule has 1 fully saturated rings. The molecule has 1 aromatic carbocycles. The smallest absolute Gasteiger partial charge is 0.217 e. The van der Waals surface area contributed by atoms with Gasteiger partial charge in [-0.3, -0.25) is 14.7 Å². The first kappa shape index (κ1) is 15.7. The fraction of sp³-hybridized carbons (Fsp3) is 0.368. The number of pyridine rings is 1. The van der Waals surface area contributed by atoms with Gasteiger partial charge in [-0.05, 0) is 49.1 Å². The fourth-order valence-corrected chi connectivity index (χ4v) is 3.37. The summed E-state index contributed by atoms with van der Waals surface area (Å²) in [6, 6.07) is 14.5. The van der Waals surface area contributed by atoms with E-state index in [9.17, 15) is 4.79 Å². The molecule has 1 aromatic heterocycles. The summed E-state index contributed by atoms with van der Waals surface area (Å²) >= 11 is 0. The Balaban J connectivity index is 1.67. The highest BCUT2D eigenvalue weighted by Crippen LogP contribution is 2.23. The molecule has 1 aliphatic heterocycles. The maximum atomic E-state index is 11.1. The zero-order chi connectivity index (χ0) is 16.1. The van der Waals surface area contributed by atoms with Crippen LogP contribution in [0.4, 0.5) is 0 Å². The van der Waals surface area contributed by atoms with E-state index in [0.717, 1.165) is 43.7 Å². The Morgan fingerprint density at radius 2 is 2.17 bits per heavy atom. The highest BCUT2D eigenvalue weighted by Gasteiger charge is 2.21. The number of hydrogen-bond acceptors (Lipinski definition) is 3. The number of hydrogen-bond donors (Lipinski definition) is 1. The molecule has 2 N–H and O–H groups in total. The molecule has 1 saturated heterocycles. The molecular formula is C19H23N3O. The summed E-state index contributed by atoms with van der Waals surface area (Å²) in [5.41, 5.74) is 8.77. The highest BCUT2D eigenvalue weighted by atomic mass is 16.1. The van der Waals surface area contributed by atoms with Crippen molar-refractivity contribution in [2.24, 2.45) is 11.7 Å². The topological polar surface area (TPSA) is 59.2 Å². The number of amides is 1. The number of carbonyl (C=O) groups excluding carboxylic acids is 1. The third-order valence-electron chi connectivity index (χ3n) is 4.39. The van der Waals surface area contributed by atoms with Crippen molar-refractivity contribution in [1.82, 2.24) is 9.88 Å². The molecular weight excluding hydrogens is 286 g/mol. The minimum atomic E-state index is -0.186. The van der Waals surface area contributed by atoms with Crippen LogP contribution < -0.4 is 5.73 Å². The third-order valence-corrected chi connectivity index (χ3v) is 4.39.